The lowest BCUT2D eigenvalue weighted by Gasteiger charge is -2.28. The SMILES string of the molecule is Cc1ccc(OO)cc1C(=O)N(C=O)C(COCc1ccccc1)CC(C)C. The molecule has 0 aromatic heterocycles. The summed E-state index contributed by atoms with van der Waals surface area (Å²) < 4.78 is 5.81. The molecular weight excluding hydrogens is 358 g/mol. The Morgan fingerprint density at radius 1 is 1.18 bits per heavy atom. The standard InChI is InChI=1S/C22H27NO5/c1-16(2)11-19(14-27-13-18-7-5-4-6-8-18)23(15-24)22(25)21-12-20(28-26)10-9-17(21)3/h4-10,12,15-16,19,26H,11,13-14H2,1-3H3. The van der Waals surface area contributed by atoms with Crippen molar-refractivity contribution in [3.8, 4) is 5.75 Å². The molecule has 1 unspecified atom stereocenters. The number of hydrogen-bond acceptors (Lipinski definition) is 5. The Balaban J connectivity index is 2.16. The zero-order valence-electron chi connectivity index (χ0n) is 16.5. The topological polar surface area (TPSA) is 76.1 Å². The third-order valence-corrected chi connectivity index (χ3v) is 4.45. The second kappa shape index (κ2) is 10.6. The van der Waals surface area contributed by atoms with Gasteiger partial charge < -0.3 is 9.62 Å². The van der Waals surface area contributed by atoms with Gasteiger partial charge in [-0.1, -0.05) is 50.2 Å². The highest BCUT2D eigenvalue weighted by Crippen LogP contribution is 2.21. The van der Waals surface area contributed by atoms with Crippen LogP contribution in [0.25, 0.3) is 0 Å². The Labute approximate surface area is 165 Å². The highest BCUT2D eigenvalue weighted by molar-refractivity contribution is 6.01. The minimum Gasteiger partial charge on any atom is -0.375 e. The first-order chi connectivity index (χ1) is 13.5. The Morgan fingerprint density at radius 3 is 2.50 bits per heavy atom. The molecule has 28 heavy (non-hydrogen) atoms. The smallest absolute Gasteiger partial charge is 0.260 e. The van der Waals surface area contributed by atoms with Crippen molar-refractivity contribution in [2.45, 2.75) is 39.8 Å². The molecule has 2 rings (SSSR count). The molecule has 0 heterocycles. The van der Waals surface area contributed by atoms with Gasteiger partial charge in [0.2, 0.25) is 6.41 Å². The lowest BCUT2D eigenvalue weighted by atomic mass is 10.0. The van der Waals surface area contributed by atoms with Crippen LogP contribution in [0.4, 0.5) is 0 Å². The molecular formula is C22H27NO5. The van der Waals surface area contributed by atoms with Crippen LogP contribution in [0.3, 0.4) is 0 Å². The molecule has 1 atom stereocenters. The van der Waals surface area contributed by atoms with Gasteiger partial charge in [0, 0.05) is 5.56 Å². The molecule has 0 fully saturated rings. The molecule has 0 aliphatic rings. The summed E-state index contributed by atoms with van der Waals surface area (Å²) in [6.45, 7) is 6.48. The number of imide groups is 1. The van der Waals surface area contributed by atoms with E-state index in [0.29, 0.717) is 30.6 Å². The molecule has 0 saturated carbocycles. The van der Waals surface area contributed by atoms with Crippen molar-refractivity contribution >= 4 is 12.3 Å². The molecule has 1 N–H and O–H groups in total. The van der Waals surface area contributed by atoms with Crippen molar-refractivity contribution in [1.82, 2.24) is 4.90 Å². The van der Waals surface area contributed by atoms with Crippen LogP contribution in [0.15, 0.2) is 48.5 Å². The van der Waals surface area contributed by atoms with E-state index in [9.17, 15) is 9.59 Å². The number of amides is 2. The summed E-state index contributed by atoms with van der Waals surface area (Å²) in [5, 5.41) is 8.87. The zero-order valence-corrected chi connectivity index (χ0v) is 16.5. The monoisotopic (exact) mass is 385 g/mol. The minimum absolute atomic E-state index is 0.139. The molecule has 6 heteroatoms. The first-order valence-corrected chi connectivity index (χ1v) is 9.28. The van der Waals surface area contributed by atoms with Gasteiger partial charge in [0.25, 0.3) is 5.91 Å². The van der Waals surface area contributed by atoms with Gasteiger partial charge in [0.15, 0.2) is 5.75 Å². The molecule has 6 nitrogen and oxygen atoms in total. The summed E-state index contributed by atoms with van der Waals surface area (Å²) in [4.78, 5) is 30.2. The van der Waals surface area contributed by atoms with E-state index in [1.807, 2.05) is 44.2 Å². The lowest BCUT2D eigenvalue weighted by Crippen LogP contribution is -2.43. The number of nitrogens with zero attached hydrogens (tertiary/aromatic N) is 1. The quantitative estimate of drug-likeness (QED) is 0.379. The van der Waals surface area contributed by atoms with Gasteiger partial charge in [-0.05, 0) is 42.5 Å². The Bertz CT molecular complexity index is 776. The van der Waals surface area contributed by atoms with E-state index in [-0.39, 0.29) is 18.3 Å². The fourth-order valence-electron chi connectivity index (χ4n) is 3.02. The van der Waals surface area contributed by atoms with E-state index in [4.69, 9.17) is 9.99 Å². The van der Waals surface area contributed by atoms with Crippen LogP contribution >= 0.6 is 0 Å². The van der Waals surface area contributed by atoms with Gasteiger partial charge in [-0.3, -0.25) is 14.5 Å². The summed E-state index contributed by atoms with van der Waals surface area (Å²) in [6.07, 6.45) is 1.17. The maximum absolute atomic E-state index is 13.0. The van der Waals surface area contributed by atoms with Gasteiger partial charge in [0.05, 0.1) is 19.3 Å². The largest absolute Gasteiger partial charge is 0.375 e. The third-order valence-electron chi connectivity index (χ3n) is 4.45. The second-order valence-electron chi connectivity index (χ2n) is 7.17. The summed E-state index contributed by atoms with van der Waals surface area (Å²) in [5.74, 6) is -0.0327. The van der Waals surface area contributed by atoms with E-state index in [2.05, 4.69) is 4.89 Å². The highest BCUT2D eigenvalue weighted by Gasteiger charge is 2.27. The molecule has 0 saturated heterocycles. The molecule has 0 aliphatic carbocycles. The van der Waals surface area contributed by atoms with Gasteiger partial charge in [-0.15, -0.1) is 0 Å². The van der Waals surface area contributed by atoms with E-state index in [1.54, 1.807) is 19.1 Å². The molecule has 0 bridgehead atoms. The Hall–Kier alpha value is -2.70. The van der Waals surface area contributed by atoms with Gasteiger partial charge in [-0.25, -0.2) is 5.26 Å². The summed E-state index contributed by atoms with van der Waals surface area (Å²) in [6, 6.07) is 14.0. The van der Waals surface area contributed by atoms with E-state index < -0.39 is 11.9 Å². The van der Waals surface area contributed by atoms with Crippen molar-refractivity contribution in [3.05, 3.63) is 65.2 Å². The van der Waals surface area contributed by atoms with Crippen LogP contribution in [-0.2, 0) is 16.1 Å². The number of benzene rings is 2. The molecule has 2 aromatic carbocycles. The van der Waals surface area contributed by atoms with Crippen molar-refractivity contribution in [1.29, 1.82) is 0 Å². The van der Waals surface area contributed by atoms with E-state index in [0.717, 1.165) is 5.56 Å². The molecule has 150 valence electrons. The van der Waals surface area contributed by atoms with Crippen molar-refractivity contribution in [3.63, 3.8) is 0 Å². The van der Waals surface area contributed by atoms with E-state index in [1.165, 1.54) is 11.0 Å². The molecule has 0 spiro atoms. The van der Waals surface area contributed by atoms with Crippen LogP contribution in [0, 0.1) is 12.8 Å². The van der Waals surface area contributed by atoms with Crippen LogP contribution in [-0.4, -0.2) is 35.1 Å². The average molecular weight is 385 g/mol. The highest BCUT2D eigenvalue weighted by atomic mass is 17.1. The summed E-state index contributed by atoms with van der Waals surface area (Å²) in [5.41, 5.74) is 2.01. The lowest BCUT2D eigenvalue weighted by molar-refractivity contribution is -0.137. The average Bonchev–Trinajstić information content (AvgIpc) is 2.69. The van der Waals surface area contributed by atoms with Gasteiger partial charge in [0.1, 0.15) is 0 Å². The normalized spacial score (nSPS) is 11.9. The van der Waals surface area contributed by atoms with Crippen molar-refractivity contribution in [2.24, 2.45) is 5.92 Å². The van der Waals surface area contributed by atoms with Crippen LogP contribution < -0.4 is 4.89 Å². The number of rotatable bonds is 10. The van der Waals surface area contributed by atoms with Crippen molar-refractivity contribution < 1.29 is 24.5 Å². The summed E-state index contributed by atoms with van der Waals surface area (Å²) >= 11 is 0. The Kier molecular flexibility index (Phi) is 8.17. The fourth-order valence-corrected chi connectivity index (χ4v) is 3.02. The molecule has 2 aromatic rings. The first kappa shape index (κ1) is 21.6. The fraction of sp³-hybridized carbons (Fsp3) is 0.364. The van der Waals surface area contributed by atoms with Gasteiger partial charge in [-0.2, -0.15) is 0 Å². The maximum Gasteiger partial charge on any atom is 0.260 e. The Morgan fingerprint density at radius 2 is 1.89 bits per heavy atom. The number of hydrogen-bond donors (Lipinski definition) is 1. The van der Waals surface area contributed by atoms with Crippen LogP contribution in [0.1, 0.15) is 41.8 Å². The van der Waals surface area contributed by atoms with E-state index >= 15 is 0 Å². The van der Waals surface area contributed by atoms with Crippen LogP contribution in [0.5, 0.6) is 5.75 Å². The number of ether oxygens (including phenoxy) is 1. The third kappa shape index (κ3) is 5.90. The second-order valence-corrected chi connectivity index (χ2v) is 7.17. The van der Waals surface area contributed by atoms with Gasteiger partial charge >= 0.3 is 0 Å². The predicted molar refractivity (Wildman–Crippen MR) is 106 cm³/mol. The molecule has 0 radical (unpaired) electrons. The minimum atomic E-state index is -0.444. The predicted octanol–water partition coefficient (Wildman–Crippen LogP) is 4.08. The number of aryl methyl sites for hydroxylation is 1. The molecule has 2 amide bonds. The number of carbonyl (C=O) groups is 2. The molecule has 0 aliphatic heterocycles. The first-order valence-electron chi connectivity index (χ1n) is 9.28. The van der Waals surface area contributed by atoms with Crippen LogP contribution in [0.2, 0.25) is 0 Å². The zero-order chi connectivity index (χ0) is 20.5. The maximum atomic E-state index is 13.0. The van der Waals surface area contributed by atoms with Crippen molar-refractivity contribution in [2.75, 3.05) is 6.61 Å². The summed E-state index contributed by atoms with van der Waals surface area (Å²) in [7, 11) is 0. The number of carbonyl (C=O) groups excluding carboxylic acids is 2.